The zero-order valence-electron chi connectivity index (χ0n) is 18.3. The second-order valence-corrected chi connectivity index (χ2v) is 10.6. The first-order valence-corrected chi connectivity index (χ1v) is 12.4. The quantitative estimate of drug-likeness (QED) is 0.684. The summed E-state index contributed by atoms with van der Waals surface area (Å²) in [5.74, 6) is 2.85. The first kappa shape index (κ1) is 20.8. The molecule has 1 N–H and O–H groups in total. The van der Waals surface area contributed by atoms with Gasteiger partial charge >= 0.3 is 0 Å². The molecule has 0 radical (unpaired) electrons. The van der Waals surface area contributed by atoms with Crippen molar-refractivity contribution in [3.63, 3.8) is 0 Å². The van der Waals surface area contributed by atoms with Crippen LogP contribution < -0.4 is 5.32 Å². The van der Waals surface area contributed by atoms with E-state index in [4.69, 9.17) is 16.3 Å². The molecule has 3 heterocycles. The van der Waals surface area contributed by atoms with Gasteiger partial charge in [-0.2, -0.15) is 0 Å². The third-order valence-corrected chi connectivity index (χ3v) is 8.67. The number of rotatable bonds is 5. The lowest BCUT2D eigenvalue weighted by molar-refractivity contribution is 0.0202. The van der Waals surface area contributed by atoms with Crippen molar-refractivity contribution in [3.05, 3.63) is 41.2 Å². The maximum absolute atomic E-state index is 13.6. The Bertz CT molecular complexity index is 962. The number of benzene rings is 1. The second kappa shape index (κ2) is 8.23. The average molecular weight is 457 g/mol. The van der Waals surface area contributed by atoms with Crippen LogP contribution in [-0.4, -0.2) is 53.0 Å². The average Bonchev–Trinajstić information content (AvgIpc) is 3.40. The molecule has 2 saturated heterocycles. The highest BCUT2D eigenvalue weighted by atomic mass is 35.5. The predicted octanol–water partition coefficient (Wildman–Crippen LogP) is 5.02. The van der Waals surface area contributed by atoms with Crippen LogP contribution in [0.3, 0.4) is 0 Å². The van der Waals surface area contributed by atoms with E-state index in [0.29, 0.717) is 27.9 Å². The van der Waals surface area contributed by atoms with Gasteiger partial charge in [-0.15, -0.1) is 10.2 Å². The van der Waals surface area contributed by atoms with E-state index in [1.807, 2.05) is 12.1 Å². The van der Waals surface area contributed by atoms with Crippen LogP contribution in [-0.2, 0) is 4.74 Å². The molecule has 1 aromatic heterocycles. The third kappa shape index (κ3) is 3.80. The van der Waals surface area contributed by atoms with Gasteiger partial charge in [-0.3, -0.25) is 4.90 Å². The molecule has 2 aliphatic heterocycles. The maximum atomic E-state index is 13.6. The number of ether oxygens (including phenoxy) is 1. The number of hydrogen-bond donors (Lipinski definition) is 1. The zero-order chi connectivity index (χ0) is 21.7. The van der Waals surface area contributed by atoms with Gasteiger partial charge in [-0.25, -0.2) is 4.39 Å². The molecule has 170 valence electrons. The highest BCUT2D eigenvalue weighted by Crippen LogP contribution is 2.55. The molecule has 5 nitrogen and oxygen atoms in total. The molecule has 1 aromatic carbocycles. The summed E-state index contributed by atoms with van der Waals surface area (Å²) in [5, 5.41) is 12.7. The highest BCUT2D eigenvalue weighted by molar-refractivity contribution is 6.33. The van der Waals surface area contributed by atoms with Crippen LogP contribution >= 0.6 is 11.6 Å². The Hall–Kier alpha value is -1.76. The first-order valence-electron chi connectivity index (χ1n) is 12.0. The van der Waals surface area contributed by atoms with Gasteiger partial charge in [-0.05, 0) is 86.6 Å². The summed E-state index contributed by atoms with van der Waals surface area (Å²) in [5.41, 5.74) is 1.65. The van der Waals surface area contributed by atoms with E-state index in [1.54, 1.807) is 6.07 Å². The lowest BCUT2D eigenvalue weighted by atomic mass is 9.88. The molecule has 2 aliphatic carbocycles. The summed E-state index contributed by atoms with van der Waals surface area (Å²) in [7, 11) is 0. The van der Waals surface area contributed by atoms with Crippen LogP contribution in [0.15, 0.2) is 30.3 Å². The van der Waals surface area contributed by atoms with Gasteiger partial charge in [0.25, 0.3) is 0 Å². The van der Waals surface area contributed by atoms with Gasteiger partial charge in [0.05, 0.1) is 10.7 Å². The minimum absolute atomic E-state index is 0.329. The van der Waals surface area contributed by atoms with Crippen molar-refractivity contribution in [1.29, 1.82) is 0 Å². The molecule has 0 bridgehead atoms. The molecule has 0 amide bonds. The number of anilines is 1. The largest absolute Gasteiger partial charge is 0.381 e. The van der Waals surface area contributed by atoms with E-state index in [0.717, 1.165) is 36.8 Å². The summed E-state index contributed by atoms with van der Waals surface area (Å²) in [6, 6.07) is 8.53. The minimum Gasteiger partial charge on any atom is -0.381 e. The van der Waals surface area contributed by atoms with Crippen molar-refractivity contribution in [2.75, 3.05) is 31.6 Å². The molecular weight excluding hydrogens is 427 g/mol. The number of fused-ring (bicyclic) bond motifs is 1. The van der Waals surface area contributed by atoms with Crippen molar-refractivity contribution in [3.8, 4) is 11.3 Å². The fraction of sp³-hybridized carbons (Fsp3) is 0.600. The van der Waals surface area contributed by atoms with Crippen LogP contribution in [0.25, 0.3) is 11.3 Å². The molecule has 4 aliphatic rings. The van der Waals surface area contributed by atoms with Crippen molar-refractivity contribution < 1.29 is 9.13 Å². The van der Waals surface area contributed by atoms with Crippen molar-refractivity contribution in [1.82, 2.24) is 15.1 Å². The fourth-order valence-electron chi connectivity index (χ4n) is 6.58. The van der Waals surface area contributed by atoms with E-state index in [-0.39, 0.29) is 5.82 Å². The van der Waals surface area contributed by atoms with Gasteiger partial charge in [0.2, 0.25) is 0 Å². The van der Waals surface area contributed by atoms with E-state index in [1.165, 1.54) is 63.7 Å². The highest BCUT2D eigenvalue weighted by Gasteiger charge is 2.57. The number of likely N-dealkylation sites (tertiary alicyclic amines) is 1. The van der Waals surface area contributed by atoms with Gasteiger partial charge in [0.1, 0.15) is 11.6 Å². The van der Waals surface area contributed by atoms with Crippen molar-refractivity contribution in [2.24, 2.45) is 17.8 Å². The maximum Gasteiger partial charge on any atom is 0.148 e. The normalized spacial score (nSPS) is 29.8. The lowest BCUT2D eigenvalue weighted by Crippen LogP contribution is -2.44. The molecule has 6 rings (SSSR count). The van der Waals surface area contributed by atoms with Gasteiger partial charge < -0.3 is 10.1 Å². The SMILES string of the molecule is Fc1ccc(Cl)c(-c2ccc(NC3CC4CN(C5(C6CCOCC6)CC5)C[C@H]4C3)nn2)c1. The van der Waals surface area contributed by atoms with Crippen LogP contribution in [0, 0.1) is 23.6 Å². The Kier molecular flexibility index (Phi) is 5.35. The number of aromatic nitrogens is 2. The predicted molar refractivity (Wildman–Crippen MR) is 123 cm³/mol. The second-order valence-electron chi connectivity index (χ2n) is 10.2. The lowest BCUT2D eigenvalue weighted by Gasteiger charge is -2.38. The molecule has 7 heteroatoms. The van der Waals surface area contributed by atoms with E-state index in [2.05, 4.69) is 20.4 Å². The van der Waals surface area contributed by atoms with Crippen LogP contribution in [0.2, 0.25) is 5.02 Å². The van der Waals surface area contributed by atoms with Gasteiger partial charge in [0.15, 0.2) is 0 Å². The molecule has 0 spiro atoms. The first-order chi connectivity index (χ1) is 15.6. The standard InChI is InChI=1S/C25H30ClFN4O/c26-22-2-1-19(27)13-21(22)23-3-4-24(30-29-23)28-20-11-16-14-31(15-17(16)12-20)25(7-8-25)18-5-9-32-10-6-18/h1-4,13,16-18,20H,5-12,14-15H2,(H,28,30)/t16-,17?,20?/m1/s1. The molecule has 2 saturated carbocycles. The van der Waals surface area contributed by atoms with Crippen molar-refractivity contribution >= 4 is 17.4 Å². The van der Waals surface area contributed by atoms with E-state index >= 15 is 0 Å². The van der Waals surface area contributed by atoms with Gasteiger partial charge in [-0.1, -0.05) is 11.6 Å². The summed E-state index contributed by atoms with van der Waals surface area (Å²) in [6.45, 7) is 4.40. The molecule has 4 fully saturated rings. The van der Waals surface area contributed by atoms with Crippen LogP contribution in [0.5, 0.6) is 0 Å². The topological polar surface area (TPSA) is 50.3 Å². The summed E-state index contributed by atoms with van der Waals surface area (Å²) >= 11 is 6.20. The molecular formula is C25H30ClFN4O. The van der Waals surface area contributed by atoms with E-state index < -0.39 is 0 Å². The Balaban J connectivity index is 1.06. The molecule has 32 heavy (non-hydrogen) atoms. The van der Waals surface area contributed by atoms with Crippen molar-refractivity contribution in [2.45, 2.75) is 50.1 Å². The Morgan fingerprint density at radius 2 is 1.78 bits per heavy atom. The smallest absolute Gasteiger partial charge is 0.148 e. The van der Waals surface area contributed by atoms with Gasteiger partial charge in [0, 0.05) is 43.4 Å². The van der Waals surface area contributed by atoms with Crippen LogP contribution in [0.1, 0.15) is 38.5 Å². The molecule has 2 aromatic rings. The minimum atomic E-state index is -0.329. The number of nitrogens with one attached hydrogen (secondary N) is 1. The van der Waals surface area contributed by atoms with Crippen LogP contribution in [0.4, 0.5) is 10.2 Å². The summed E-state index contributed by atoms with van der Waals surface area (Å²) in [6.07, 6.45) is 7.65. The Morgan fingerprint density at radius 1 is 1.03 bits per heavy atom. The Labute approximate surface area is 193 Å². The molecule has 2 unspecified atom stereocenters. The summed E-state index contributed by atoms with van der Waals surface area (Å²) in [4.78, 5) is 2.85. The monoisotopic (exact) mass is 456 g/mol. The number of hydrogen-bond acceptors (Lipinski definition) is 5. The Morgan fingerprint density at radius 3 is 2.44 bits per heavy atom. The molecule has 3 atom stereocenters. The fourth-order valence-corrected chi connectivity index (χ4v) is 6.80. The number of nitrogens with zero attached hydrogens (tertiary/aromatic N) is 3. The van der Waals surface area contributed by atoms with E-state index in [9.17, 15) is 4.39 Å². The number of halogens is 2. The zero-order valence-corrected chi connectivity index (χ0v) is 19.0. The summed E-state index contributed by atoms with van der Waals surface area (Å²) < 4.78 is 19.2. The third-order valence-electron chi connectivity index (χ3n) is 8.35.